The zero-order valence-corrected chi connectivity index (χ0v) is 19.6. The van der Waals surface area contributed by atoms with Gasteiger partial charge >= 0.3 is 6.09 Å². The summed E-state index contributed by atoms with van der Waals surface area (Å²) in [5.41, 5.74) is 4.16. The number of hydrogen-bond acceptors (Lipinski definition) is 3. The summed E-state index contributed by atoms with van der Waals surface area (Å²) in [7, 11) is 0. The van der Waals surface area contributed by atoms with E-state index in [2.05, 4.69) is 38.2 Å². The Balaban J connectivity index is 2.05. The van der Waals surface area contributed by atoms with Crippen LogP contribution in [-0.2, 0) is 4.74 Å². The number of carbonyl (C=O) groups excluding carboxylic acids is 2. The molecule has 0 heterocycles. The molecule has 0 saturated carbocycles. The Morgan fingerprint density at radius 1 is 1.23 bits per heavy atom. The van der Waals surface area contributed by atoms with Gasteiger partial charge in [-0.1, -0.05) is 56.7 Å². The van der Waals surface area contributed by atoms with Crippen LogP contribution < -0.4 is 5.32 Å². The first-order chi connectivity index (χ1) is 13.9. The maximum Gasteiger partial charge on any atom is 0.407 e. The van der Waals surface area contributed by atoms with Crippen LogP contribution in [0.3, 0.4) is 0 Å². The highest BCUT2D eigenvalue weighted by molar-refractivity contribution is 5.98. The molecule has 1 aliphatic rings. The number of ketones is 1. The minimum atomic E-state index is -0.557. The highest BCUT2D eigenvalue weighted by Gasteiger charge is 2.26. The van der Waals surface area contributed by atoms with E-state index in [1.165, 1.54) is 24.0 Å². The molecule has 0 fully saturated rings. The minimum absolute atomic E-state index is 0.00898. The van der Waals surface area contributed by atoms with E-state index in [0.717, 1.165) is 12.0 Å². The summed E-state index contributed by atoms with van der Waals surface area (Å²) in [6.45, 7) is 14.3. The smallest absolute Gasteiger partial charge is 0.407 e. The van der Waals surface area contributed by atoms with Crippen molar-refractivity contribution in [3.63, 3.8) is 0 Å². The first kappa shape index (κ1) is 23.9. The second-order valence-electron chi connectivity index (χ2n) is 10.0. The number of alkyl carbamates (subject to hydrolysis) is 1. The molecule has 0 spiro atoms. The van der Waals surface area contributed by atoms with Gasteiger partial charge in [0.15, 0.2) is 5.78 Å². The number of hydrogen-bond donors (Lipinski definition) is 1. The fraction of sp³-hybridized carbons (Fsp3) is 0.538. The van der Waals surface area contributed by atoms with Crippen molar-refractivity contribution in [1.82, 2.24) is 5.32 Å². The third-order valence-electron chi connectivity index (χ3n) is 5.56. The van der Waals surface area contributed by atoms with E-state index in [1.807, 2.05) is 52.0 Å². The van der Waals surface area contributed by atoms with Crippen LogP contribution in [0, 0.1) is 11.3 Å². The van der Waals surface area contributed by atoms with E-state index in [9.17, 15) is 9.59 Å². The average Bonchev–Trinajstić information content (AvgIpc) is 2.63. The molecular weight excluding hydrogens is 374 g/mol. The molecule has 1 aromatic carbocycles. The topological polar surface area (TPSA) is 55.4 Å². The van der Waals surface area contributed by atoms with Crippen LogP contribution in [0.1, 0.15) is 83.7 Å². The first-order valence-electron chi connectivity index (χ1n) is 10.9. The minimum Gasteiger partial charge on any atom is -0.444 e. The van der Waals surface area contributed by atoms with Crippen LogP contribution in [0.4, 0.5) is 4.79 Å². The number of rotatable bonds is 6. The molecule has 0 aromatic heterocycles. The summed E-state index contributed by atoms with van der Waals surface area (Å²) in [6.07, 6.45) is 7.42. The van der Waals surface area contributed by atoms with Crippen LogP contribution >= 0.6 is 0 Å². The van der Waals surface area contributed by atoms with Crippen molar-refractivity contribution < 1.29 is 14.3 Å². The van der Waals surface area contributed by atoms with Gasteiger partial charge < -0.3 is 10.1 Å². The summed E-state index contributed by atoms with van der Waals surface area (Å²) in [4.78, 5) is 24.7. The standard InChI is InChI=1S/C26H37NO3/c1-18-10-9-15-26(6,7)22(18)14-13-20-11-8-12-21(16-20)23(28)19(2)17-27-24(29)30-25(3,4)5/h8,11-14,16,19H,9-10,15,17H2,1-7H3,(H,27,29). The molecule has 0 saturated heterocycles. The van der Waals surface area contributed by atoms with Crippen molar-refractivity contribution in [3.8, 4) is 0 Å². The van der Waals surface area contributed by atoms with Gasteiger partial charge in [0.1, 0.15) is 5.60 Å². The fourth-order valence-corrected chi connectivity index (χ4v) is 3.91. The second-order valence-corrected chi connectivity index (χ2v) is 10.0. The summed E-state index contributed by atoms with van der Waals surface area (Å²) >= 11 is 0. The molecule has 1 aliphatic carbocycles. The summed E-state index contributed by atoms with van der Waals surface area (Å²) in [5.74, 6) is -0.325. The van der Waals surface area contributed by atoms with Crippen LogP contribution in [0.5, 0.6) is 0 Å². The van der Waals surface area contributed by atoms with Crippen LogP contribution in [0.15, 0.2) is 41.5 Å². The molecule has 2 rings (SSSR count). The highest BCUT2D eigenvalue weighted by Crippen LogP contribution is 2.40. The molecule has 30 heavy (non-hydrogen) atoms. The lowest BCUT2D eigenvalue weighted by molar-refractivity contribution is 0.0520. The Kier molecular flexibility index (Phi) is 7.68. The van der Waals surface area contributed by atoms with E-state index in [4.69, 9.17) is 4.74 Å². The number of carbonyl (C=O) groups is 2. The monoisotopic (exact) mass is 411 g/mol. The fourth-order valence-electron chi connectivity index (χ4n) is 3.91. The van der Waals surface area contributed by atoms with Gasteiger partial charge in [-0.25, -0.2) is 4.79 Å². The Morgan fingerprint density at radius 2 is 1.93 bits per heavy atom. The maximum atomic E-state index is 12.8. The van der Waals surface area contributed by atoms with E-state index in [-0.39, 0.29) is 23.7 Å². The largest absolute Gasteiger partial charge is 0.444 e. The van der Waals surface area contributed by atoms with Gasteiger partial charge in [0.2, 0.25) is 0 Å². The molecule has 164 valence electrons. The quantitative estimate of drug-likeness (QED) is 0.539. The Bertz CT molecular complexity index is 840. The van der Waals surface area contributed by atoms with Gasteiger partial charge in [-0.2, -0.15) is 0 Å². The van der Waals surface area contributed by atoms with Gasteiger partial charge in [0, 0.05) is 18.0 Å². The highest BCUT2D eigenvalue weighted by atomic mass is 16.6. The zero-order valence-electron chi connectivity index (χ0n) is 19.6. The number of nitrogens with one attached hydrogen (secondary N) is 1. The number of allylic oxidation sites excluding steroid dienone is 3. The lowest BCUT2D eigenvalue weighted by Crippen LogP contribution is -2.36. The first-order valence-corrected chi connectivity index (χ1v) is 10.9. The molecule has 0 radical (unpaired) electrons. The molecule has 1 aromatic rings. The number of benzene rings is 1. The second kappa shape index (κ2) is 9.63. The Labute approximate surface area is 181 Å². The van der Waals surface area contributed by atoms with Crippen LogP contribution in [0.2, 0.25) is 0 Å². The van der Waals surface area contributed by atoms with Crippen molar-refractivity contribution in [1.29, 1.82) is 0 Å². The Hall–Kier alpha value is -2.36. The molecule has 1 atom stereocenters. The van der Waals surface area contributed by atoms with E-state index < -0.39 is 11.7 Å². The molecule has 0 bridgehead atoms. The van der Waals surface area contributed by atoms with Gasteiger partial charge in [0.25, 0.3) is 0 Å². The normalized spacial score (nSPS) is 17.7. The lowest BCUT2D eigenvalue weighted by Gasteiger charge is -2.32. The predicted molar refractivity (Wildman–Crippen MR) is 124 cm³/mol. The summed E-state index contributed by atoms with van der Waals surface area (Å²) in [6, 6.07) is 7.68. The van der Waals surface area contributed by atoms with Gasteiger partial charge in [0.05, 0.1) is 0 Å². The van der Waals surface area contributed by atoms with E-state index in [0.29, 0.717) is 5.56 Å². The SMILES string of the molecule is CC1=C(C=Cc2cccc(C(=O)C(C)CNC(=O)OC(C)(C)C)c2)C(C)(C)CCC1. The van der Waals surface area contributed by atoms with Crippen LogP contribution in [-0.4, -0.2) is 24.0 Å². The number of ether oxygens (including phenoxy) is 1. The number of Topliss-reactive ketones (excluding diaryl/α,β-unsaturated/α-hetero) is 1. The van der Waals surface area contributed by atoms with Crippen LogP contribution in [0.25, 0.3) is 6.08 Å². The predicted octanol–water partition coefficient (Wildman–Crippen LogP) is 6.57. The van der Waals surface area contributed by atoms with Crippen molar-refractivity contribution in [3.05, 3.63) is 52.6 Å². The maximum absolute atomic E-state index is 12.8. The van der Waals surface area contributed by atoms with Crippen molar-refractivity contribution in [2.75, 3.05) is 6.54 Å². The molecule has 4 nitrogen and oxygen atoms in total. The third kappa shape index (κ3) is 6.86. The van der Waals surface area contributed by atoms with Crippen molar-refractivity contribution >= 4 is 18.0 Å². The van der Waals surface area contributed by atoms with Gasteiger partial charge in [-0.15, -0.1) is 0 Å². The molecular formula is C26H37NO3. The summed E-state index contributed by atoms with van der Waals surface area (Å²) in [5, 5.41) is 2.68. The Morgan fingerprint density at radius 3 is 2.57 bits per heavy atom. The van der Waals surface area contributed by atoms with Gasteiger partial charge in [-0.3, -0.25) is 4.79 Å². The average molecular weight is 412 g/mol. The molecule has 0 aliphatic heterocycles. The van der Waals surface area contributed by atoms with E-state index >= 15 is 0 Å². The number of amides is 1. The summed E-state index contributed by atoms with van der Waals surface area (Å²) < 4.78 is 5.23. The zero-order chi connectivity index (χ0) is 22.5. The van der Waals surface area contributed by atoms with Gasteiger partial charge in [-0.05, 0) is 69.6 Å². The molecule has 4 heteroatoms. The van der Waals surface area contributed by atoms with Crippen molar-refractivity contribution in [2.24, 2.45) is 11.3 Å². The molecule has 1 amide bonds. The lowest BCUT2D eigenvalue weighted by atomic mass is 9.72. The molecule has 1 N–H and O–H groups in total. The molecule has 1 unspecified atom stereocenters. The van der Waals surface area contributed by atoms with E-state index in [1.54, 1.807) is 0 Å². The van der Waals surface area contributed by atoms with Crippen molar-refractivity contribution in [2.45, 2.75) is 73.3 Å². The third-order valence-corrected chi connectivity index (χ3v) is 5.56.